The highest BCUT2D eigenvalue weighted by atomic mass is 16.5. The third kappa shape index (κ3) is 3.81. The zero-order chi connectivity index (χ0) is 22.6. The summed E-state index contributed by atoms with van der Waals surface area (Å²) in [5.74, 6) is 0.0992. The van der Waals surface area contributed by atoms with Gasteiger partial charge < -0.3 is 14.6 Å². The number of ketones is 2. The summed E-state index contributed by atoms with van der Waals surface area (Å²) in [5.41, 5.74) is 2.18. The number of aryl methyl sites for hydroxylation is 2. The fourth-order valence-corrected chi connectivity index (χ4v) is 4.22. The lowest BCUT2D eigenvalue weighted by molar-refractivity contribution is -0.128. The minimum Gasteiger partial charge on any atom is -0.507 e. The molecular weight excluding hydrogens is 380 g/mol. The van der Waals surface area contributed by atoms with Gasteiger partial charge >= 0.3 is 0 Å². The Labute approximate surface area is 179 Å². The molecule has 2 rings (SSSR count). The number of ether oxygens (including phenoxy) is 2. The average molecular weight is 413 g/mol. The standard InChI is InChI=1S/C25H32O5/c1-8-18-22(27)21(23(28)25(9-2,10-3)24(18)30-7)19(26)12-11-17-13-16(5)20(29-6)14-15(17)4/h11-14,27H,8-10H2,1-7H3/b12-11+. The number of aliphatic hydroxyl groups is 1. The van der Waals surface area contributed by atoms with Gasteiger partial charge in [-0.3, -0.25) is 9.59 Å². The summed E-state index contributed by atoms with van der Waals surface area (Å²) in [7, 11) is 3.12. The maximum atomic E-state index is 13.4. The monoisotopic (exact) mass is 412 g/mol. The van der Waals surface area contributed by atoms with Crippen molar-refractivity contribution in [2.45, 2.75) is 53.9 Å². The average Bonchev–Trinajstić information content (AvgIpc) is 2.73. The van der Waals surface area contributed by atoms with Crippen LogP contribution in [-0.4, -0.2) is 30.9 Å². The first kappa shape index (κ1) is 23.5. The van der Waals surface area contributed by atoms with Gasteiger partial charge in [0, 0.05) is 5.57 Å². The van der Waals surface area contributed by atoms with Gasteiger partial charge in [-0.2, -0.15) is 0 Å². The number of aliphatic hydroxyl groups excluding tert-OH is 1. The molecule has 0 bridgehead atoms. The van der Waals surface area contributed by atoms with E-state index < -0.39 is 11.2 Å². The van der Waals surface area contributed by atoms with Gasteiger partial charge in [0.15, 0.2) is 11.6 Å². The fourth-order valence-electron chi connectivity index (χ4n) is 4.22. The molecule has 1 N–H and O–H groups in total. The first-order valence-corrected chi connectivity index (χ1v) is 10.4. The summed E-state index contributed by atoms with van der Waals surface area (Å²) < 4.78 is 10.9. The van der Waals surface area contributed by atoms with E-state index in [1.807, 2.05) is 46.8 Å². The third-order valence-electron chi connectivity index (χ3n) is 6.10. The van der Waals surface area contributed by atoms with Crippen LogP contribution in [0.15, 0.2) is 40.9 Å². The number of carbonyl (C=O) groups is 2. The van der Waals surface area contributed by atoms with Crippen molar-refractivity contribution in [3.63, 3.8) is 0 Å². The number of methoxy groups -OCH3 is 2. The molecule has 1 aromatic carbocycles. The lowest BCUT2D eigenvalue weighted by Gasteiger charge is -2.37. The molecule has 0 fully saturated rings. The van der Waals surface area contributed by atoms with Crippen LogP contribution in [-0.2, 0) is 14.3 Å². The molecule has 0 aromatic heterocycles. The predicted molar refractivity (Wildman–Crippen MR) is 119 cm³/mol. The van der Waals surface area contributed by atoms with Crippen molar-refractivity contribution in [2.75, 3.05) is 14.2 Å². The Hall–Kier alpha value is -2.82. The largest absolute Gasteiger partial charge is 0.507 e. The molecule has 0 heterocycles. The molecular formula is C25H32O5. The van der Waals surface area contributed by atoms with Gasteiger partial charge in [0.05, 0.1) is 19.6 Å². The van der Waals surface area contributed by atoms with Gasteiger partial charge in [0.25, 0.3) is 0 Å². The summed E-state index contributed by atoms with van der Waals surface area (Å²) in [6.07, 6.45) is 4.47. The first-order valence-electron chi connectivity index (χ1n) is 10.4. The van der Waals surface area contributed by atoms with Gasteiger partial charge in [0.1, 0.15) is 22.8 Å². The molecule has 30 heavy (non-hydrogen) atoms. The molecule has 0 saturated carbocycles. The normalized spacial score (nSPS) is 16.4. The molecule has 5 nitrogen and oxygen atoms in total. The Bertz CT molecular complexity index is 943. The number of hydrogen-bond donors (Lipinski definition) is 1. The molecule has 0 unspecified atom stereocenters. The van der Waals surface area contributed by atoms with Crippen molar-refractivity contribution in [3.8, 4) is 5.75 Å². The van der Waals surface area contributed by atoms with E-state index in [-0.39, 0.29) is 17.1 Å². The van der Waals surface area contributed by atoms with Crippen LogP contribution in [0.4, 0.5) is 0 Å². The van der Waals surface area contributed by atoms with E-state index in [2.05, 4.69) is 0 Å². The fraction of sp³-hybridized carbons (Fsp3) is 0.440. The topological polar surface area (TPSA) is 72.8 Å². The summed E-state index contributed by atoms with van der Waals surface area (Å²) in [5, 5.41) is 10.8. The molecule has 0 aliphatic heterocycles. The van der Waals surface area contributed by atoms with Crippen LogP contribution in [0.1, 0.15) is 56.7 Å². The Morgan fingerprint density at radius 2 is 1.70 bits per heavy atom. The van der Waals surface area contributed by atoms with Crippen molar-refractivity contribution in [1.82, 2.24) is 0 Å². The smallest absolute Gasteiger partial charge is 0.193 e. The van der Waals surface area contributed by atoms with E-state index in [1.165, 1.54) is 13.2 Å². The Balaban J connectivity index is 2.55. The number of carbonyl (C=O) groups excluding carboxylic acids is 2. The number of hydrogen-bond acceptors (Lipinski definition) is 5. The molecule has 0 amide bonds. The molecule has 0 saturated heterocycles. The van der Waals surface area contributed by atoms with Gasteiger partial charge in [-0.05, 0) is 68.0 Å². The third-order valence-corrected chi connectivity index (χ3v) is 6.10. The second kappa shape index (κ2) is 9.33. The van der Waals surface area contributed by atoms with Crippen LogP contribution < -0.4 is 4.74 Å². The van der Waals surface area contributed by atoms with E-state index in [9.17, 15) is 14.7 Å². The lowest BCUT2D eigenvalue weighted by Crippen LogP contribution is -2.40. The Morgan fingerprint density at radius 3 is 2.20 bits per heavy atom. The maximum absolute atomic E-state index is 13.4. The summed E-state index contributed by atoms with van der Waals surface area (Å²) in [6.45, 7) is 9.53. The van der Waals surface area contributed by atoms with Crippen molar-refractivity contribution >= 4 is 17.6 Å². The second-order valence-electron chi connectivity index (χ2n) is 7.58. The van der Waals surface area contributed by atoms with E-state index in [0.29, 0.717) is 30.6 Å². The van der Waals surface area contributed by atoms with Crippen molar-refractivity contribution in [2.24, 2.45) is 5.41 Å². The highest BCUT2D eigenvalue weighted by Gasteiger charge is 2.49. The molecule has 1 aromatic rings. The lowest BCUT2D eigenvalue weighted by atomic mass is 9.68. The number of allylic oxidation sites excluding steroid dienone is 4. The number of Topliss-reactive ketones (excluding diaryl/α,β-unsaturated/α-hetero) is 1. The Morgan fingerprint density at radius 1 is 1.07 bits per heavy atom. The van der Waals surface area contributed by atoms with Crippen LogP contribution in [0.2, 0.25) is 0 Å². The zero-order valence-electron chi connectivity index (χ0n) is 19.0. The Kier molecular flexibility index (Phi) is 7.30. The number of benzene rings is 1. The van der Waals surface area contributed by atoms with E-state index >= 15 is 0 Å². The van der Waals surface area contributed by atoms with E-state index in [4.69, 9.17) is 9.47 Å². The minimum absolute atomic E-state index is 0.157. The summed E-state index contributed by atoms with van der Waals surface area (Å²) in [4.78, 5) is 26.5. The van der Waals surface area contributed by atoms with Crippen LogP contribution >= 0.6 is 0 Å². The summed E-state index contributed by atoms with van der Waals surface area (Å²) in [6, 6.07) is 3.83. The quantitative estimate of drug-likeness (QED) is 0.457. The van der Waals surface area contributed by atoms with Crippen LogP contribution in [0.5, 0.6) is 5.75 Å². The highest BCUT2D eigenvalue weighted by molar-refractivity contribution is 6.28. The van der Waals surface area contributed by atoms with Gasteiger partial charge in [-0.1, -0.05) is 26.8 Å². The van der Waals surface area contributed by atoms with Gasteiger partial charge in [-0.15, -0.1) is 0 Å². The minimum atomic E-state index is -0.933. The molecule has 1 aliphatic carbocycles. The highest BCUT2D eigenvalue weighted by Crippen LogP contribution is 2.46. The SMILES string of the molecule is CCC1=C(OC)C(CC)(CC)C(=O)C(C(=O)/C=C/c2cc(C)c(OC)cc2C)=C1O. The molecule has 162 valence electrons. The molecule has 0 spiro atoms. The molecule has 0 radical (unpaired) electrons. The molecule has 5 heteroatoms. The summed E-state index contributed by atoms with van der Waals surface area (Å²) >= 11 is 0. The second-order valence-corrected chi connectivity index (χ2v) is 7.58. The molecule has 0 atom stereocenters. The van der Waals surface area contributed by atoms with Gasteiger partial charge in [-0.25, -0.2) is 0 Å². The van der Waals surface area contributed by atoms with Crippen LogP contribution in [0, 0.1) is 19.3 Å². The van der Waals surface area contributed by atoms with Crippen molar-refractivity contribution in [3.05, 3.63) is 57.6 Å². The number of rotatable bonds is 8. The molecule has 1 aliphatic rings. The van der Waals surface area contributed by atoms with Crippen molar-refractivity contribution in [1.29, 1.82) is 0 Å². The first-order chi connectivity index (χ1) is 14.2. The van der Waals surface area contributed by atoms with Gasteiger partial charge in [0.2, 0.25) is 0 Å². The van der Waals surface area contributed by atoms with E-state index in [1.54, 1.807) is 13.2 Å². The van der Waals surface area contributed by atoms with Crippen LogP contribution in [0.3, 0.4) is 0 Å². The van der Waals surface area contributed by atoms with Crippen LogP contribution in [0.25, 0.3) is 6.08 Å². The maximum Gasteiger partial charge on any atom is 0.193 e. The van der Waals surface area contributed by atoms with Crippen molar-refractivity contribution < 1.29 is 24.2 Å². The zero-order valence-corrected chi connectivity index (χ0v) is 19.0. The predicted octanol–water partition coefficient (Wildman–Crippen LogP) is 5.41. The van der Waals surface area contributed by atoms with E-state index in [0.717, 1.165) is 22.4 Å².